The molecule has 0 bridgehead atoms. The van der Waals surface area contributed by atoms with Crippen LogP contribution in [0.25, 0.3) is 73.3 Å². The van der Waals surface area contributed by atoms with Crippen molar-refractivity contribution in [2.24, 2.45) is 0 Å². The van der Waals surface area contributed by atoms with Gasteiger partial charge in [-0.3, -0.25) is 4.57 Å². The summed E-state index contributed by atoms with van der Waals surface area (Å²) in [5.74, 6) is 1.64. The Labute approximate surface area is 261 Å². The van der Waals surface area contributed by atoms with Crippen molar-refractivity contribution in [3.8, 4) is 51.2 Å². The minimum absolute atomic E-state index is 0.473. The first-order chi connectivity index (χ1) is 21.7. The van der Waals surface area contributed by atoms with Crippen LogP contribution in [-0.2, 0) is 0 Å². The number of hydrogen-bond donors (Lipinski definition) is 0. The van der Waals surface area contributed by atoms with Crippen molar-refractivity contribution in [2.45, 2.75) is 0 Å². The molecule has 0 radical (unpaired) electrons. The maximum Gasteiger partial charge on any atom is 0.240 e. The standard InChI is InChI=1S/C37H23BrN6/c38-28-21-22-30-29(23-28)33-36(40-32(25-15-7-2-8-16-25)31(39-33)24-13-5-1-6-14-24)44(30)37-42-34(26-17-9-3-10-18-26)41-35(43-37)27-19-11-4-12-20-27/h1-23H. The lowest BCUT2D eigenvalue weighted by atomic mass is 10.0. The van der Waals surface area contributed by atoms with Gasteiger partial charge < -0.3 is 0 Å². The number of nitrogens with zero attached hydrogens (tertiary/aromatic N) is 6. The first-order valence-corrected chi connectivity index (χ1v) is 15.0. The summed E-state index contributed by atoms with van der Waals surface area (Å²) in [6, 6.07) is 46.5. The van der Waals surface area contributed by atoms with E-state index in [2.05, 4.69) is 52.3 Å². The Kier molecular flexibility index (Phi) is 6.50. The quantitative estimate of drug-likeness (QED) is 0.190. The second kappa shape index (κ2) is 10.9. The van der Waals surface area contributed by atoms with E-state index in [1.165, 1.54) is 0 Å². The smallest absolute Gasteiger partial charge is 0.240 e. The molecule has 0 atom stereocenters. The van der Waals surface area contributed by atoms with E-state index < -0.39 is 0 Å². The van der Waals surface area contributed by atoms with Crippen LogP contribution in [0.15, 0.2) is 144 Å². The number of benzene rings is 5. The molecule has 0 aliphatic carbocycles. The Hall–Kier alpha value is -5.53. The monoisotopic (exact) mass is 630 g/mol. The van der Waals surface area contributed by atoms with Gasteiger partial charge in [-0.05, 0) is 18.2 Å². The van der Waals surface area contributed by atoms with Gasteiger partial charge in [-0.15, -0.1) is 0 Å². The molecule has 0 aliphatic heterocycles. The van der Waals surface area contributed by atoms with Gasteiger partial charge in [0.2, 0.25) is 5.95 Å². The molecular formula is C37H23BrN6. The van der Waals surface area contributed by atoms with Gasteiger partial charge in [-0.1, -0.05) is 137 Å². The highest BCUT2D eigenvalue weighted by molar-refractivity contribution is 9.10. The summed E-state index contributed by atoms with van der Waals surface area (Å²) in [6.07, 6.45) is 0. The molecule has 3 aromatic heterocycles. The normalized spacial score (nSPS) is 11.3. The fourth-order valence-corrected chi connectivity index (χ4v) is 5.83. The third kappa shape index (κ3) is 4.64. The summed E-state index contributed by atoms with van der Waals surface area (Å²) < 4.78 is 2.95. The van der Waals surface area contributed by atoms with Crippen LogP contribution in [0.1, 0.15) is 0 Å². The van der Waals surface area contributed by atoms with Crippen molar-refractivity contribution >= 4 is 38.0 Å². The average molecular weight is 632 g/mol. The molecule has 44 heavy (non-hydrogen) atoms. The Bertz CT molecular complexity index is 2210. The molecule has 0 saturated heterocycles. The van der Waals surface area contributed by atoms with E-state index in [-0.39, 0.29) is 0 Å². The average Bonchev–Trinajstić information content (AvgIpc) is 3.41. The van der Waals surface area contributed by atoms with Crippen LogP contribution in [0.2, 0.25) is 0 Å². The molecular weight excluding hydrogens is 608 g/mol. The van der Waals surface area contributed by atoms with Crippen LogP contribution in [0.4, 0.5) is 0 Å². The molecule has 0 unspecified atom stereocenters. The van der Waals surface area contributed by atoms with Crippen molar-refractivity contribution < 1.29 is 0 Å². The summed E-state index contributed by atoms with van der Waals surface area (Å²) in [7, 11) is 0. The predicted octanol–water partition coefficient (Wildman–Crippen LogP) is 9.19. The zero-order chi connectivity index (χ0) is 29.5. The van der Waals surface area contributed by atoms with E-state index in [4.69, 9.17) is 24.9 Å². The van der Waals surface area contributed by atoms with Crippen molar-refractivity contribution in [3.05, 3.63) is 144 Å². The molecule has 0 fully saturated rings. The highest BCUT2D eigenvalue weighted by Crippen LogP contribution is 2.37. The lowest BCUT2D eigenvalue weighted by molar-refractivity contribution is 0.943. The fraction of sp³-hybridized carbons (Fsp3) is 0. The second-order valence-corrected chi connectivity index (χ2v) is 11.3. The summed E-state index contributed by atoms with van der Waals surface area (Å²) in [6.45, 7) is 0. The van der Waals surface area contributed by atoms with E-state index in [9.17, 15) is 0 Å². The largest absolute Gasteiger partial charge is 0.260 e. The van der Waals surface area contributed by atoms with Crippen LogP contribution in [0, 0.1) is 0 Å². The first kappa shape index (κ1) is 26.1. The van der Waals surface area contributed by atoms with Crippen LogP contribution < -0.4 is 0 Å². The summed E-state index contributed by atoms with van der Waals surface area (Å²) in [5.41, 5.74) is 7.71. The lowest BCUT2D eigenvalue weighted by Gasteiger charge is -2.12. The van der Waals surface area contributed by atoms with Gasteiger partial charge in [0, 0.05) is 32.1 Å². The zero-order valence-corrected chi connectivity index (χ0v) is 24.9. The predicted molar refractivity (Wildman–Crippen MR) is 179 cm³/mol. The van der Waals surface area contributed by atoms with Crippen LogP contribution in [0.5, 0.6) is 0 Å². The molecule has 208 valence electrons. The number of rotatable bonds is 5. The van der Waals surface area contributed by atoms with E-state index in [0.29, 0.717) is 23.2 Å². The summed E-state index contributed by atoms with van der Waals surface area (Å²) in [5, 5.41) is 0.946. The van der Waals surface area contributed by atoms with E-state index in [1.54, 1.807) is 0 Å². The molecule has 0 spiro atoms. The second-order valence-electron chi connectivity index (χ2n) is 10.3. The van der Waals surface area contributed by atoms with Crippen molar-refractivity contribution in [1.29, 1.82) is 0 Å². The number of fused-ring (bicyclic) bond motifs is 3. The van der Waals surface area contributed by atoms with E-state index in [1.807, 2.05) is 108 Å². The number of hydrogen-bond acceptors (Lipinski definition) is 5. The van der Waals surface area contributed by atoms with Gasteiger partial charge in [-0.2, -0.15) is 9.97 Å². The van der Waals surface area contributed by atoms with Crippen LogP contribution in [-0.4, -0.2) is 29.5 Å². The summed E-state index contributed by atoms with van der Waals surface area (Å²) in [4.78, 5) is 25.7. The zero-order valence-electron chi connectivity index (χ0n) is 23.3. The van der Waals surface area contributed by atoms with Gasteiger partial charge in [0.1, 0.15) is 5.52 Å². The topological polar surface area (TPSA) is 69.4 Å². The molecule has 7 heteroatoms. The highest BCUT2D eigenvalue weighted by atomic mass is 79.9. The molecule has 0 aliphatic rings. The van der Waals surface area contributed by atoms with Gasteiger partial charge in [0.15, 0.2) is 17.3 Å². The van der Waals surface area contributed by atoms with E-state index in [0.717, 1.165) is 54.5 Å². The van der Waals surface area contributed by atoms with Gasteiger partial charge in [-0.25, -0.2) is 15.0 Å². The van der Waals surface area contributed by atoms with Crippen LogP contribution >= 0.6 is 15.9 Å². The molecule has 8 aromatic rings. The van der Waals surface area contributed by atoms with E-state index >= 15 is 0 Å². The van der Waals surface area contributed by atoms with Crippen molar-refractivity contribution in [3.63, 3.8) is 0 Å². The third-order valence-electron chi connectivity index (χ3n) is 7.53. The van der Waals surface area contributed by atoms with Gasteiger partial charge in [0.25, 0.3) is 0 Å². The molecule has 0 amide bonds. The number of aromatic nitrogens is 6. The maximum absolute atomic E-state index is 5.35. The Morgan fingerprint density at radius 2 is 0.932 bits per heavy atom. The first-order valence-electron chi connectivity index (χ1n) is 14.2. The Morgan fingerprint density at radius 1 is 0.455 bits per heavy atom. The highest BCUT2D eigenvalue weighted by Gasteiger charge is 2.23. The molecule has 8 rings (SSSR count). The minimum atomic E-state index is 0.473. The maximum atomic E-state index is 5.35. The Balaban J connectivity index is 1.48. The SMILES string of the molecule is Brc1ccc2c(c1)c1nc(-c3ccccc3)c(-c3ccccc3)nc1n2-c1nc(-c2ccccc2)nc(-c2ccccc2)n1. The van der Waals surface area contributed by atoms with Crippen molar-refractivity contribution in [1.82, 2.24) is 29.5 Å². The Morgan fingerprint density at radius 3 is 1.45 bits per heavy atom. The minimum Gasteiger partial charge on any atom is -0.260 e. The molecule has 6 nitrogen and oxygen atoms in total. The van der Waals surface area contributed by atoms with Gasteiger partial charge >= 0.3 is 0 Å². The fourth-order valence-electron chi connectivity index (χ4n) is 5.46. The molecule has 3 heterocycles. The molecule has 5 aromatic carbocycles. The number of halogens is 1. The van der Waals surface area contributed by atoms with Crippen LogP contribution in [0.3, 0.4) is 0 Å². The molecule has 0 saturated carbocycles. The van der Waals surface area contributed by atoms with Crippen molar-refractivity contribution in [2.75, 3.05) is 0 Å². The third-order valence-corrected chi connectivity index (χ3v) is 8.02. The summed E-state index contributed by atoms with van der Waals surface area (Å²) >= 11 is 3.68. The van der Waals surface area contributed by atoms with Gasteiger partial charge in [0.05, 0.1) is 16.9 Å². The lowest BCUT2D eigenvalue weighted by Crippen LogP contribution is -2.07. The molecule has 0 N–H and O–H groups in total.